The first-order valence-electron chi connectivity index (χ1n) is 8.06. The Hall–Kier alpha value is -1.93. The van der Waals surface area contributed by atoms with E-state index in [1.165, 1.54) is 16.7 Å². The van der Waals surface area contributed by atoms with Crippen molar-refractivity contribution in [3.63, 3.8) is 0 Å². The van der Waals surface area contributed by atoms with Gasteiger partial charge in [-0.2, -0.15) is 0 Å². The Morgan fingerprint density at radius 3 is 2.50 bits per heavy atom. The molecule has 0 spiro atoms. The lowest BCUT2D eigenvalue weighted by atomic mass is 9.99. The van der Waals surface area contributed by atoms with E-state index in [2.05, 4.69) is 48.5 Å². The maximum absolute atomic E-state index is 10.9. The summed E-state index contributed by atoms with van der Waals surface area (Å²) in [5.41, 5.74) is 3.92. The Balaban J connectivity index is 1.54. The maximum Gasteiger partial charge on any atom is 0.120 e. The molecule has 2 aromatic carbocycles. The van der Waals surface area contributed by atoms with Crippen LogP contribution in [0.5, 0.6) is 0 Å². The van der Waals surface area contributed by atoms with Crippen LogP contribution in [0, 0.1) is 0 Å². The molecule has 0 aromatic heterocycles. The van der Waals surface area contributed by atoms with Gasteiger partial charge in [0, 0.05) is 13.0 Å². The molecule has 0 N–H and O–H groups in total. The Bertz CT molecular complexity index is 606. The van der Waals surface area contributed by atoms with Crippen molar-refractivity contribution in [3.8, 4) is 0 Å². The van der Waals surface area contributed by atoms with E-state index in [0.29, 0.717) is 12.3 Å². The highest BCUT2D eigenvalue weighted by Crippen LogP contribution is 2.43. The number of aldehydes is 1. The van der Waals surface area contributed by atoms with Gasteiger partial charge in [-0.3, -0.25) is 0 Å². The fourth-order valence-electron chi connectivity index (χ4n) is 3.33. The highest BCUT2D eigenvalue weighted by atomic mass is 16.5. The second-order valence-electron chi connectivity index (χ2n) is 5.91. The van der Waals surface area contributed by atoms with Crippen LogP contribution in [0.2, 0.25) is 0 Å². The fourth-order valence-corrected chi connectivity index (χ4v) is 3.33. The molecule has 0 amide bonds. The van der Waals surface area contributed by atoms with Gasteiger partial charge in [-0.15, -0.1) is 0 Å². The van der Waals surface area contributed by atoms with Gasteiger partial charge in [0.1, 0.15) is 6.29 Å². The molecule has 0 heterocycles. The van der Waals surface area contributed by atoms with Crippen LogP contribution >= 0.6 is 0 Å². The first-order valence-corrected chi connectivity index (χ1v) is 8.06. The molecule has 2 unspecified atom stereocenters. The van der Waals surface area contributed by atoms with Gasteiger partial charge in [0.25, 0.3) is 0 Å². The predicted molar refractivity (Wildman–Crippen MR) is 87.9 cm³/mol. The van der Waals surface area contributed by atoms with Crippen LogP contribution in [-0.4, -0.2) is 12.9 Å². The molecule has 0 bridgehead atoms. The molecule has 0 aliphatic heterocycles. The molecule has 22 heavy (non-hydrogen) atoms. The average molecular weight is 294 g/mol. The third kappa shape index (κ3) is 3.45. The lowest BCUT2D eigenvalue weighted by Gasteiger charge is -2.13. The monoisotopic (exact) mass is 294 g/mol. The van der Waals surface area contributed by atoms with Crippen LogP contribution in [0.4, 0.5) is 0 Å². The first kappa shape index (κ1) is 15.0. The zero-order valence-electron chi connectivity index (χ0n) is 12.8. The third-order valence-corrected chi connectivity index (χ3v) is 4.43. The van der Waals surface area contributed by atoms with Gasteiger partial charge in [0.15, 0.2) is 0 Å². The van der Waals surface area contributed by atoms with Gasteiger partial charge >= 0.3 is 0 Å². The van der Waals surface area contributed by atoms with E-state index < -0.39 is 0 Å². The van der Waals surface area contributed by atoms with Crippen LogP contribution in [-0.2, 0) is 16.0 Å². The summed E-state index contributed by atoms with van der Waals surface area (Å²) < 4.78 is 6.11. The molecule has 1 aliphatic rings. The zero-order chi connectivity index (χ0) is 15.2. The summed E-state index contributed by atoms with van der Waals surface area (Å²) in [4.78, 5) is 10.9. The molecule has 2 heteroatoms. The molecule has 2 nitrogen and oxygen atoms in total. The smallest absolute Gasteiger partial charge is 0.120 e. The van der Waals surface area contributed by atoms with Crippen LogP contribution in [0.1, 0.15) is 48.0 Å². The van der Waals surface area contributed by atoms with Gasteiger partial charge < -0.3 is 9.53 Å². The highest BCUT2D eigenvalue weighted by Gasteiger charge is 2.30. The molecule has 114 valence electrons. The van der Waals surface area contributed by atoms with Crippen LogP contribution in [0.25, 0.3) is 0 Å². The number of aryl methyl sites for hydroxylation is 1. The Labute approximate surface area is 132 Å². The van der Waals surface area contributed by atoms with Crippen molar-refractivity contribution in [3.05, 3.63) is 71.3 Å². The van der Waals surface area contributed by atoms with Crippen molar-refractivity contribution in [1.82, 2.24) is 0 Å². The van der Waals surface area contributed by atoms with E-state index in [1.54, 1.807) is 0 Å². The number of rotatable bonds is 7. The van der Waals surface area contributed by atoms with Crippen molar-refractivity contribution in [2.75, 3.05) is 6.61 Å². The van der Waals surface area contributed by atoms with Crippen molar-refractivity contribution in [2.24, 2.45) is 0 Å². The number of hydrogen-bond acceptors (Lipinski definition) is 2. The summed E-state index contributed by atoms with van der Waals surface area (Å²) >= 11 is 0. The molecule has 0 radical (unpaired) electrons. The number of benzene rings is 2. The molecule has 1 aliphatic carbocycles. The molecule has 3 rings (SSSR count). The van der Waals surface area contributed by atoms with Gasteiger partial charge in [-0.1, -0.05) is 54.6 Å². The normalized spacial score (nSPS) is 19.8. The maximum atomic E-state index is 10.9. The van der Waals surface area contributed by atoms with Crippen LogP contribution < -0.4 is 0 Å². The van der Waals surface area contributed by atoms with Crippen molar-refractivity contribution < 1.29 is 9.53 Å². The second kappa shape index (κ2) is 7.37. The van der Waals surface area contributed by atoms with Crippen molar-refractivity contribution in [1.29, 1.82) is 0 Å². The molecular formula is C20H22O2. The molecule has 2 atom stereocenters. The highest BCUT2D eigenvalue weighted by molar-refractivity contribution is 5.53. The molecule has 2 aromatic rings. The van der Waals surface area contributed by atoms with E-state index in [-0.39, 0.29) is 6.10 Å². The summed E-state index contributed by atoms with van der Waals surface area (Å²) in [5.74, 6) is 0.327. The summed E-state index contributed by atoms with van der Waals surface area (Å²) in [5, 5.41) is 0. The summed E-state index contributed by atoms with van der Waals surface area (Å²) in [6.45, 7) is 0.766. The Kier molecular flexibility index (Phi) is 5.02. The van der Waals surface area contributed by atoms with Gasteiger partial charge in [-0.25, -0.2) is 0 Å². The van der Waals surface area contributed by atoms with E-state index in [1.807, 2.05) is 6.07 Å². The van der Waals surface area contributed by atoms with Crippen LogP contribution in [0.15, 0.2) is 54.6 Å². The minimum atomic E-state index is 0.150. The SMILES string of the molecule is O=CCC1CC(OCCCc2ccccc2)c2ccccc21. The fraction of sp³-hybridized carbons (Fsp3) is 0.350. The largest absolute Gasteiger partial charge is 0.373 e. The van der Waals surface area contributed by atoms with E-state index in [9.17, 15) is 4.79 Å². The van der Waals surface area contributed by atoms with E-state index in [4.69, 9.17) is 4.74 Å². The number of carbonyl (C=O) groups excluding carboxylic acids is 1. The lowest BCUT2D eigenvalue weighted by Crippen LogP contribution is -2.03. The summed E-state index contributed by atoms with van der Waals surface area (Å²) in [6.07, 6.45) is 4.79. The first-order chi connectivity index (χ1) is 10.9. The van der Waals surface area contributed by atoms with Crippen LogP contribution in [0.3, 0.4) is 0 Å². The second-order valence-corrected chi connectivity index (χ2v) is 5.91. The standard InChI is InChI=1S/C20H22O2/c21-13-12-17-15-20(19-11-5-4-10-18(17)19)22-14-6-9-16-7-2-1-3-8-16/h1-5,7-8,10-11,13,17,20H,6,9,12,14-15H2. The van der Waals surface area contributed by atoms with Gasteiger partial charge in [0.05, 0.1) is 6.10 Å². The minimum absolute atomic E-state index is 0.150. The Morgan fingerprint density at radius 1 is 1.00 bits per heavy atom. The average Bonchev–Trinajstić information content (AvgIpc) is 2.91. The molecule has 0 fully saturated rings. The number of hydrogen-bond donors (Lipinski definition) is 0. The van der Waals surface area contributed by atoms with E-state index in [0.717, 1.165) is 32.2 Å². The third-order valence-electron chi connectivity index (χ3n) is 4.43. The number of ether oxygens (including phenoxy) is 1. The Morgan fingerprint density at radius 2 is 1.73 bits per heavy atom. The molecule has 0 saturated heterocycles. The molecular weight excluding hydrogens is 272 g/mol. The minimum Gasteiger partial charge on any atom is -0.373 e. The van der Waals surface area contributed by atoms with E-state index >= 15 is 0 Å². The predicted octanol–water partition coefficient (Wildman–Crippen LogP) is 4.45. The summed E-state index contributed by atoms with van der Waals surface area (Å²) in [6, 6.07) is 18.9. The quantitative estimate of drug-likeness (QED) is 0.557. The van der Waals surface area contributed by atoms with Gasteiger partial charge in [0.2, 0.25) is 0 Å². The van der Waals surface area contributed by atoms with Crippen molar-refractivity contribution in [2.45, 2.75) is 37.7 Å². The number of fused-ring (bicyclic) bond motifs is 1. The summed E-state index contributed by atoms with van der Waals surface area (Å²) in [7, 11) is 0. The van der Waals surface area contributed by atoms with Crippen molar-refractivity contribution >= 4 is 6.29 Å². The number of carbonyl (C=O) groups is 1. The molecule has 0 saturated carbocycles. The van der Waals surface area contributed by atoms with Gasteiger partial charge in [-0.05, 0) is 41.9 Å². The zero-order valence-corrected chi connectivity index (χ0v) is 12.8. The topological polar surface area (TPSA) is 26.3 Å². The lowest BCUT2D eigenvalue weighted by molar-refractivity contribution is -0.108.